The minimum absolute atomic E-state index is 0. The lowest BCUT2D eigenvalue weighted by Gasteiger charge is -2.13. The first kappa shape index (κ1) is 22.9. The Morgan fingerprint density at radius 1 is 1.03 bits per heavy atom. The summed E-state index contributed by atoms with van der Waals surface area (Å²) in [5, 5.41) is 6.06. The Balaban J connectivity index is 0.00000272. The van der Waals surface area contributed by atoms with Crippen molar-refractivity contribution >= 4 is 46.5 Å². The second-order valence-electron chi connectivity index (χ2n) is 6.45. The highest BCUT2D eigenvalue weighted by Crippen LogP contribution is 2.36. The molecule has 0 saturated carbocycles. The number of methoxy groups -OCH3 is 1. The summed E-state index contributed by atoms with van der Waals surface area (Å²) in [6, 6.07) is 19.7. The summed E-state index contributed by atoms with van der Waals surface area (Å²) in [6.45, 7) is 1.97. The molecule has 2 heterocycles. The van der Waals surface area contributed by atoms with Crippen molar-refractivity contribution in [1.29, 1.82) is 0 Å². The first-order chi connectivity index (χ1) is 14.7. The molecule has 4 aromatic rings. The van der Waals surface area contributed by atoms with Gasteiger partial charge in [-0.25, -0.2) is 9.97 Å². The van der Waals surface area contributed by atoms with E-state index in [1.807, 2.05) is 73.1 Å². The monoisotopic (exact) mass is 471 g/mol. The summed E-state index contributed by atoms with van der Waals surface area (Å²) < 4.78 is 11.6. The number of rotatable bonds is 8. The third kappa shape index (κ3) is 6.13. The number of hydrogen-bond donors (Lipinski definition) is 1. The van der Waals surface area contributed by atoms with Crippen molar-refractivity contribution in [3.63, 3.8) is 0 Å². The number of halogens is 1. The number of nitrogens with one attached hydrogen (secondary N) is 1. The Bertz CT molecular complexity index is 1120. The van der Waals surface area contributed by atoms with Gasteiger partial charge in [-0.3, -0.25) is 0 Å². The fourth-order valence-corrected chi connectivity index (χ4v) is 4.35. The van der Waals surface area contributed by atoms with Gasteiger partial charge >= 0.3 is 0 Å². The minimum atomic E-state index is 0. The molecule has 31 heavy (non-hydrogen) atoms. The van der Waals surface area contributed by atoms with Gasteiger partial charge in [0.2, 0.25) is 0 Å². The van der Waals surface area contributed by atoms with E-state index in [2.05, 4.69) is 21.4 Å². The molecule has 4 rings (SSSR count). The van der Waals surface area contributed by atoms with Crippen LogP contribution in [0.15, 0.2) is 77.1 Å². The van der Waals surface area contributed by atoms with Crippen molar-refractivity contribution in [3.05, 3.63) is 83.5 Å². The molecule has 0 radical (unpaired) electrons. The maximum absolute atomic E-state index is 6.14. The molecule has 0 amide bonds. The van der Waals surface area contributed by atoms with Gasteiger partial charge in [0.1, 0.15) is 11.5 Å². The van der Waals surface area contributed by atoms with Gasteiger partial charge in [0.15, 0.2) is 16.7 Å². The Morgan fingerprint density at radius 3 is 2.55 bits per heavy atom. The van der Waals surface area contributed by atoms with Crippen molar-refractivity contribution in [2.24, 2.45) is 0 Å². The van der Waals surface area contributed by atoms with Gasteiger partial charge in [-0.1, -0.05) is 36.4 Å². The van der Waals surface area contributed by atoms with Crippen LogP contribution in [0.2, 0.25) is 0 Å². The van der Waals surface area contributed by atoms with Crippen molar-refractivity contribution < 1.29 is 9.47 Å². The van der Waals surface area contributed by atoms with Crippen LogP contribution in [0.4, 0.5) is 10.9 Å². The zero-order chi connectivity index (χ0) is 20.8. The number of benzene rings is 2. The molecule has 1 N–H and O–H groups in total. The lowest BCUT2D eigenvalue weighted by molar-refractivity contribution is 0.411. The standard InChI is InChI=1S/C23H21N3O2S2.ClH/c1-16-14-30-23(25-16)26-22-21(28-18-9-4-3-5-10-18)12-19(13-24-22)29-15-17-8-6-7-11-20(17)27-2;/h3-14H,15H2,1-2H3,(H,24,25,26);1H. The zero-order valence-corrected chi connectivity index (χ0v) is 19.5. The number of ether oxygens (including phenoxy) is 2. The Kier molecular flexibility index (Phi) is 8.17. The maximum Gasteiger partial charge on any atom is 0.188 e. The summed E-state index contributed by atoms with van der Waals surface area (Å²) >= 11 is 3.22. The third-order valence-corrected chi connectivity index (χ3v) is 6.12. The van der Waals surface area contributed by atoms with Crippen LogP contribution in [0.3, 0.4) is 0 Å². The zero-order valence-electron chi connectivity index (χ0n) is 17.1. The van der Waals surface area contributed by atoms with Crippen LogP contribution < -0.4 is 14.8 Å². The van der Waals surface area contributed by atoms with Crippen LogP contribution in [-0.4, -0.2) is 17.1 Å². The van der Waals surface area contributed by atoms with E-state index in [0.717, 1.165) is 38.5 Å². The molecule has 8 heteroatoms. The lowest BCUT2D eigenvalue weighted by Crippen LogP contribution is -1.98. The highest BCUT2D eigenvalue weighted by molar-refractivity contribution is 7.98. The predicted molar refractivity (Wildman–Crippen MR) is 131 cm³/mol. The molecule has 0 aliphatic carbocycles. The molecule has 0 fully saturated rings. The molecule has 0 unspecified atom stereocenters. The van der Waals surface area contributed by atoms with E-state index < -0.39 is 0 Å². The summed E-state index contributed by atoms with van der Waals surface area (Å²) in [5.41, 5.74) is 2.10. The van der Waals surface area contributed by atoms with Gasteiger partial charge in [-0.05, 0) is 31.2 Å². The Labute approximate surface area is 196 Å². The summed E-state index contributed by atoms with van der Waals surface area (Å²) in [6.07, 6.45) is 1.85. The van der Waals surface area contributed by atoms with Crippen molar-refractivity contribution in [1.82, 2.24) is 9.97 Å². The molecule has 0 spiro atoms. The van der Waals surface area contributed by atoms with Crippen molar-refractivity contribution in [2.45, 2.75) is 17.6 Å². The van der Waals surface area contributed by atoms with Crippen LogP contribution in [0.5, 0.6) is 17.2 Å². The van der Waals surface area contributed by atoms with Crippen LogP contribution >= 0.6 is 35.5 Å². The van der Waals surface area contributed by atoms with Crippen molar-refractivity contribution in [2.75, 3.05) is 12.4 Å². The fraction of sp³-hybridized carbons (Fsp3) is 0.130. The normalized spacial score (nSPS) is 10.3. The summed E-state index contributed by atoms with van der Waals surface area (Å²) in [7, 11) is 1.69. The van der Waals surface area contributed by atoms with Gasteiger partial charge in [-0.2, -0.15) is 0 Å². The second kappa shape index (κ2) is 11.0. The fourth-order valence-electron chi connectivity index (χ4n) is 2.79. The maximum atomic E-state index is 6.14. The molecule has 0 saturated heterocycles. The van der Waals surface area contributed by atoms with Crippen LogP contribution in [-0.2, 0) is 5.75 Å². The molecule has 2 aromatic carbocycles. The van der Waals surface area contributed by atoms with Gasteiger partial charge in [-0.15, -0.1) is 35.5 Å². The average molecular weight is 472 g/mol. The number of para-hydroxylation sites is 2. The number of hydrogen-bond acceptors (Lipinski definition) is 7. The van der Waals surface area contributed by atoms with E-state index in [1.165, 1.54) is 11.3 Å². The molecule has 0 atom stereocenters. The van der Waals surface area contributed by atoms with Crippen LogP contribution in [0.25, 0.3) is 0 Å². The molecule has 160 valence electrons. The second-order valence-corrected chi connectivity index (χ2v) is 8.36. The third-order valence-electron chi connectivity index (χ3n) is 4.23. The molecule has 0 aliphatic rings. The van der Waals surface area contributed by atoms with Crippen LogP contribution in [0, 0.1) is 6.92 Å². The molecular formula is C23H22ClN3O2S2. The topological polar surface area (TPSA) is 56.3 Å². The summed E-state index contributed by atoms with van der Waals surface area (Å²) in [5.74, 6) is 3.70. The lowest BCUT2D eigenvalue weighted by atomic mass is 10.2. The average Bonchev–Trinajstić information content (AvgIpc) is 3.19. The first-order valence-corrected chi connectivity index (χ1v) is 11.2. The highest BCUT2D eigenvalue weighted by atomic mass is 35.5. The Hall–Kier alpha value is -2.74. The van der Waals surface area contributed by atoms with Gasteiger partial charge in [0.25, 0.3) is 0 Å². The van der Waals surface area contributed by atoms with E-state index in [1.54, 1.807) is 18.9 Å². The van der Waals surface area contributed by atoms with Crippen molar-refractivity contribution in [3.8, 4) is 17.2 Å². The SMILES string of the molecule is COc1ccccc1CSc1cnc(Nc2nc(C)cs2)c(Oc2ccccc2)c1.Cl. The van der Waals surface area contributed by atoms with Gasteiger partial charge in [0.05, 0.1) is 12.8 Å². The van der Waals surface area contributed by atoms with E-state index in [4.69, 9.17) is 9.47 Å². The van der Waals surface area contributed by atoms with E-state index in [-0.39, 0.29) is 12.4 Å². The number of nitrogens with zero attached hydrogens (tertiary/aromatic N) is 2. The number of aromatic nitrogens is 2. The highest BCUT2D eigenvalue weighted by Gasteiger charge is 2.12. The first-order valence-electron chi connectivity index (χ1n) is 9.38. The number of anilines is 2. The number of pyridine rings is 1. The smallest absolute Gasteiger partial charge is 0.188 e. The predicted octanol–water partition coefficient (Wildman–Crippen LogP) is 7.11. The molecular weight excluding hydrogens is 450 g/mol. The van der Waals surface area contributed by atoms with Gasteiger partial charge in [0, 0.05) is 27.8 Å². The Morgan fingerprint density at radius 2 is 1.81 bits per heavy atom. The summed E-state index contributed by atoms with van der Waals surface area (Å²) in [4.78, 5) is 10.1. The largest absolute Gasteiger partial charge is 0.496 e. The number of thioether (sulfide) groups is 1. The number of thiazole rings is 1. The molecule has 0 bridgehead atoms. The molecule has 5 nitrogen and oxygen atoms in total. The van der Waals surface area contributed by atoms with Crippen LogP contribution in [0.1, 0.15) is 11.3 Å². The quantitative estimate of drug-likeness (QED) is 0.276. The number of aryl methyl sites for hydroxylation is 1. The van der Waals surface area contributed by atoms with Gasteiger partial charge < -0.3 is 14.8 Å². The van der Waals surface area contributed by atoms with E-state index in [0.29, 0.717) is 11.6 Å². The molecule has 2 aromatic heterocycles. The minimum Gasteiger partial charge on any atom is -0.496 e. The van der Waals surface area contributed by atoms with E-state index in [9.17, 15) is 0 Å². The molecule has 0 aliphatic heterocycles. The van der Waals surface area contributed by atoms with E-state index >= 15 is 0 Å².